The molecule has 0 aliphatic rings. The van der Waals surface area contributed by atoms with Crippen LogP contribution in [0.1, 0.15) is 245 Å². The van der Waals surface area contributed by atoms with Crippen molar-refractivity contribution in [2.75, 3.05) is 13.2 Å². The molecule has 1 atom stereocenters. The van der Waals surface area contributed by atoms with Crippen LogP contribution in [0.4, 0.5) is 0 Å². The van der Waals surface area contributed by atoms with Gasteiger partial charge in [-0.2, -0.15) is 0 Å². The van der Waals surface area contributed by atoms with Crippen molar-refractivity contribution < 1.29 is 28.6 Å². The molecule has 0 bridgehead atoms. The maximum atomic E-state index is 12.9. The molecule has 0 aliphatic heterocycles. The topological polar surface area (TPSA) is 78.9 Å². The zero-order chi connectivity index (χ0) is 57.8. The number of hydrogen-bond acceptors (Lipinski definition) is 6. The van der Waals surface area contributed by atoms with Gasteiger partial charge in [-0.25, -0.2) is 0 Å². The van der Waals surface area contributed by atoms with E-state index in [2.05, 4.69) is 203 Å². The van der Waals surface area contributed by atoms with Gasteiger partial charge in [-0.15, -0.1) is 0 Å². The highest BCUT2D eigenvalue weighted by molar-refractivity contribution is 5.71. The van der Waals surface area contributed by atoms with Crippen LogP contribution in [0.5, 0.6) is 0 Å². The van der Waals surface area contributed by atoms with Gasteiger partial charge in [0.2, 0.25) is 0 Å². The Morgan fingerprint density at radius 1 is 0.263 bits per heavy atom. The predicted molar refractivity (Wildman–Crippen MR) is 348 cm³/mol. The van der Waals surface area contributed by atoms with Gasteiger partial charge in [0, 0.05) is 19.3 Å². The molecule has 6 nitrogen and oxygen atoms in total. The Balaban J connectivity index is 4.43. The van der Waals surface area contributed by atoms with Crippen LogP contribution in [0.3, 0.4) is 0 Å². The van der Waals surface area contributed by atoms with E-state index in [1.165, 1.54) is 25.7 Å². The fraction of sp³-hybridized carbons (Fsp3) is 0.554. The summed E-state index contributed by atoms with van der Waals surface area (Å²) in [7, 11) is 0. The molecule has 0 radical (unpaired) electrons. The molecule has 0 N–H and O–H groups in total. The summed E-state index contributed by atoms with van der Waals surface area (Å²) >= 11 is 0. The molecule has 0 saturated carbocycles. The zero-order valence-corrected chi connectivity index (χ0v) is 51.0. The molecule has 0 spiro atoms. The monoisotopic (exact) mass is 1100 g/mol. The van der Waals surface area contributed by atoms with Crippen LogP contribution < -0.4 is 0 Å². The minimum absolute atomic E-state index is 0.112. The van der Waals surface area contributed by atoms with Crippen LogP contribution in [-0.2, 0) is 28.6 Å². The minimum atomic E-state index is -0.819. The van der Waals surface area contributed by atoms with Gasteiger partial charge >= 0.3 is 17.9 Å². The van der Waals surface area contributed by atoms with Crippen molar-refractivity contribution in [3.63, 3.8) is 0 Å². The highest BCUT2D eigenvalue weighted by Gasteiger charge is 2.19. The molecule has 0 aromatic heterocycles. The van der Waals surface area contributed by atoms with Crippen LogP contribution in [0.2, 0.25) is 0 Å². The summed E-state index contributed by atoms with van der Waals surface area (Å²) in [6, 6.07) is 0. The second-order valence-electron chi connectivity index (χ2n) is 20.2. The number of esters is 3. The van der Waals surface area contributed by atoms with Gasteiger partial charge in [-0.1, -0.05) is 254 Å². The molecule has 80 heavy (non-hydrogen) atoms. The summed E-state index contributed by atoms with van der Waals surface area (Å²) in [5.74, 6) is -0.992. The third-order valence-electron chi connectivity index (χ3n) is 12.6. The lowest BCUT2D eigenvalue weighted by Crippen LogP contribution is -2.30. The Morgan fingerprint density at radius 2 is 0.487 bits per heavy atom. The lowest BCUT2D eigenvalue weighted by Gasteiger charge is -2.18. The van der Waals surface area contributed by atoms with E-state index < -0.39 is 6.10 Å². The zero-order valence-electron chi connectivity index (χ0n) is 51.0. The molecule has 0 amide bonds. The summed E-state index contributed by atoms with van der Waals surface area (Å²) in [6.07, 6.45) is 99.0. The first-order chi connectivity index (χ1) is 39.5. The predicted octanol–water partition coefficient (Wildman–Crippen LogP) is 22.0. The first-order valence-corrected chi connectivity index (χ1v) is 31.8. The minimum Gasteiger partial charge on any atom is -0.462 e. The quantitative estimate of drug-likeness (QED) is 0.0261. The molecule has 0 saturated heterocycles. The summed E-state index contributed by atoms with van der Waals surface area (Å²) < 4.78 is 16.8. The number of carbonyl (C=O) groups excluding carboxylic acids is 3. The third-order valence-corrected chi connectivity index (χ3v) is 12.6. The van der Waals surface area contributed by atoms with Gasteiger partial charge in [-0.3, -0.25) is 14.4 Å². The molecule has 0 aromatic rings. The molecule has 0 aliphatic carbocycles. The average Bonchev–Trinajstić information content (AvgIpc) is 3.46. The van der Waals surface area contributed by atoms with Gasteiger partial charge < -0.3 is 14.2 Å². The van der Waals surface area contributed by atoms with E-state index in [0.29, 0.717) is 12.8 Å². The molecule has 0 heterocycles. The van der Waals surface area contributed by atoms with Gasteiger partial charge in [-0.05, 0) is 154 Å². The second-order valence-corrected chi connectivity index (χ2v) is 20.2. The lowest BCUT2D eigenvalue weighted by molar-refractivity contribution is -0.167. The summed E-state index contributed by atoms with van der Waals surface area (Å²) in [5, 5.41) is 0. The highest BCUT2D eigenvalue weighted by atomic mass is 16.6. The van der Waals surface area contributed by atoms with Crippen molar-refractivity contribution in [2.24, 2.45) is 0 Å². The molecule has 0 rings (SSSR count). The average molecular weight is 1100 g/mol. The molecular weight excluding hydrogens is 985 g/mol. The number of ether oxygens (including phenoxy) is 3. The molecule has 1 unspecified atom stereocenters. The Bertz CT molecular complexity index is 1890. The molecular formula is C74H114O6. The fourth-order valence-electron chi connectivity index (χ4n) is 7.93. The molecule has 446 valence electrons. The normalized spacial score (nSPS) is 13.4. The van der Waals surface area contributed by atoms with Crippen molar-refractivity contribution in [3.8, 4) is 0 Å². The van der Waals surface area contributed by atoms with Crippen molar-refractivity contribution in [1.29, 1.82) is 0 Å². The van der Waals surface area contributed by atoms with Gasteiger partial charge in [0.05, 0.1) is 0 Å². The lowest BCUT2D eigenvalue weighted by atomic mass is 10.1. The maximum Gasteiger partial charge on any atom is 0.306 e. The summed E-state index contributed by atoms with van der Waals surface area (Å²) in [6.45, 7) is 6.28. The van der Waals surface area contributed by atoms with Crippen LogP contribution in [0.15, 0.2) is 182 Å². The van der Waals surface area contributed by atoms with E-state index in [0.717, 1.165) is 173 Å². The Labute approximate surface area is 491 Å². The van der Waals surface area contributed by atoms with Crippen LogP contribution in [0, 0.1) is 0 Å². The van der Waals surface area contributed by atoms with Crippen LogP contribution in [-0.4, -0.2) is 37.2 Å². The maximum absolute atomic E-state index is 12.9. The number of rotatable bonds is 55. The van der Waals surface area contributed by atoms with Crippen molar-refractivity contribution >= 4 is 17.9 Å². The van der Waals surface area contributed by atoms with Gasteiger partial charge in [0.15, 0.2) is 6.10 Å². The molecule has 6 heteroatoms. The molecule has 0 fully saturated rings. The molecule has 0 aromatic carbocycles. The van der Waals surface area contributed by atoms with Crippen LogP contribution >= 0.6 is 0 Å². The largest absolute Gasteiger partial charge is 0.462 e. The van der Waals surface area contributed by atoms with E-state index in [1.54, 1.807) is 0 Å². The highest BCUT2D eigenvalue weighted by Crippen LogP contribution is 2.13. The van der Waals surface area contributed by atoms with E-state index in [9.17, 15) is 14.4 Å². The smallest absolute Gasteiger partial charge is 0.306 e. The van der Waals surface area contributed by atoms with E-state index in [4.69, 9.17) is 14.2 Å². The fourth-order valence-corrected chi connectivity index (χ4v) is 7.93. The van der Waals surface area contributed by atoms with E-state index in [-0.39, 0.29) is 44.0 Å². The standard InChI is InChI=1S/C74H114O6/c1-4-7-10-13-16-19-22-24-26-28-30-32-34-36-37-39-40-42-44-46-48-50-52-55-58-61-64-67-73(76)79-70-71(69-78-72(75)66-63-60-57-54-21-18-15-12-9-6-3)80-74(77)68-65-62-59-56-53-51-49-47-45-43-41-38-35-33-31-29-27-25-23-20-17-14-11-8-5-2/h7-8,10-12,15-17,19-20,24-27,30-33,36-38,40-42,45-48,52,55,71H,4-6,9,13-14,18,21-23,28-29,34-35,39,43-44,49-51,53-54,56-70H2,1-3H3/b10-7-,11-8-,15-12-,19-16-,20-17-,26-24-,27-25-,32-30-,33-31-,37-36-,41-38-,42-40-,47-45-,48-46-,55-52-. The first-order valence-electron chi connectivity index (χ1n) is 31.8. The Morgan fingerprint density at radius 3 is 0.800 bits per heavy atom. The van der Waals surface area contributed by atoms with Gasteiger partial charge in [0.25, 0.3) is 0 Å². The van der Waals surface area contributed by atoms with E-state index in [1.807, 2.05) is 0 Å². The Hall–Kier alpha value is -5.49. The first kappa shape index (κ1) is 74.5. The summed E-state index contributed by atoms with van der Waals surface area (Å²) in [4.78, 5) is 38.2. The van der Waals surface area contributed by atoms with Crippen LogP contribution in [0.25, 0.3) is 0 Å². The van der Waals surface area contributed by atoms with Crippen molar-refractivity contribution in [1.82, 2.24) is 0 Å². The third kappa shape index (κ3) is 63.3. The number of hydrogen-bond donors (Lipinski definition) is 0. The van der Waals surface area contributed by atoms with Crippen molar-refractivity contribution in [2.45, 2.75) is 252 Å². The number of allylic oxidation sites excluding steroid dienone is 30. The number of unbranched alkanes of at least 4 members (excludes halogenated alkanes) is 14. The summed E-state index contributed by atoms with van der Waals surface area (Å²) in [5.41, 5.74) is 0. The van der Waals surface area contributed by atoms with Gasteiger partial charge in [0.1, 0.15) is 13.2 Å². The number of carbonyl (C=O) groups is 3. The second kappa shape index (κ2) is 66.0. The Kier molecular flexibility index (Phi) is 61.5. The SMILES string of the molecule is CC/C=C\C/C=C\C/C=C\C/C=C\C/C=C\C/C=C\C/C=C\C/C=C\CCCCC(=O)OCC(COC(=O)CCCCCCC/C=C\CCC)OC(=O)CCCCCCCC/C=C\C/C=C\C/C=C\C/C=C\C/C=C\C/C=C\CC. The van der Waals surface area contributed by atoms with E-state index >= 15 is 0 Å². The van der Waals surface area contributed by atoms with Crippen molar-refractivity contribution in [3.05, 3.63) is 182 Å².